The van der Waals surface area contributed by atoms with E-state index in [1.165, 1.54) is 0 Å². The summed E-state index contributed by atoms with van der Waals surface area (Å²) in [6.07, 6.45) is 3.35. The van der Waals surface area contributed by atoms with Crippen LogP contribution in [0.25, 0.3) is 33.6 Å². The molecule has 4 rings (SSSR count). The highest BCUT2D eigenvalue weighted by atomic mass is 15.0. The SMILES string of the molecule is Nc1ccc2[nH]c(-c3ccc4nccnc4c3)nc2n1. The lowest BCUT2D eigenvalue weighted by Gasteiger charge is -1.98. The van der Waals surface area contributed by atoms with Gasteiger partial charge in [0.05, 0.1) is 16.6 Å². The zero-order chi connectivity index (χ0) is 13.5. The van der Waals surface area contributed by atoms with Crippen LogP contribution in [-0.4, -0.2) is 24.9 Å². The topological polar surface area (TPSA) is 93.4 Å². The van der Waals surface area contributed by atoms with Crippen molar-refractivity contribution >= 4 is 28.0 Å². The Bertz CT molecular complexity index is 927. The van der Waals surface area contributed by atoms with E-state index in [0.29, 0.717) is 11.5 Å². The van der Waals surface area contributed by atoms with Gasteiger partial charge < -0.3 is 10.7 Å². The van der Waals surface area contributed by atoms with Crippen molar-refractivity contribution in [3.8, 4) is 11.4 Å². The number of fused-ring (bicyclic) bond motifs is 2. The molecule has 0 spiro atoms. The van der Waals surface area contributed by atoms with Crippen molar-refractivity contribution in [1.29, 1.82) is 0 Å². The van der Waals surface area contributed by atoms with Gasteiger partial charge in [0.25, 0.3) is 0 Å². The average molecular weight is 262 g/mol. The van der Waals surface area contributed by atoms with Gasteiger partial charge in [-0.2, -0.15) is 0 Å². The van der Waals surface area contributed by atoms with Gasteiger partial charge in [-0.3, -0.25) is 9.97 Å². The molecule has 0 saturated carbocycles. The third kappa shape index (κ3) is 1.66. The summed E-state index contributed by atoms with van der Waals surface area (Å²) in [6.45, 7) is 0. The minimum absolute atomic E-state index is 0.458. The Kier molecular flexibility index (Phi) is 2.17. The molecule has 6 heteroatoms. The van der Waals surface area contributed by atoms with Gasteiger partial charge in [-0.1, -0.05) is 0 Å². The summed E-state index contributed by atoms with van der Waals surface area (Å²) in [6, 6.07) is 9.44. The summed E-state index contributed by atoms with van der Waals surface area (Å²) in [5, 5.41) is 0. The first-order valence-corrected chi connectivity index (χ1v) is 6.13. The Hall–Kier alpha value is -3.02. The minimum atomic E-state index is 0.458. The van der Waals surface area contributed by atoms with E-state index in [1.807, 2.05) is 24.3 Å². The second-order valence-electron chi connectivity index (χ2n) is 4.45. The molecule has 0 aliphatic heterocycles. The lowest BCUT2D eigenvalue weighted by molar-refractivity contribution is 1.28. The molecule has 1 aromatic carbocycles. The standard InChI is InChI=1S/C14H10N6/c15-12-4-3-10-14(19-12)20-13(18-10)8-1-2-9-11(7-8)17-6-5-16-9/h1-7H,(H3,15,18,19,20). The summed E-state index contributed by atoms with van der Waals surface area (Å²) in [4.78, 5) is 20.4. The Morgan fingerprint density at radius 2 is 1.75 bits per heavy atom. The van der Waals surface area contributed by atoms with Crippen molar-refractivity contribution in [1.82, 2.24) is 24.9 Å². The highest BCUT2D eigenvalue weighted by Gasteiger charge is 2.07. The lowest BCUT2D eigenvalue weighted by Crippen LogP contribution is -1.88. The summed E-state index contributed by atoms with van der Waals surface area (Å²) in [7, 11) is 0. The number of rotatable bonds is 1. The summed E-state index contributed by atoms with van der Waals surface area (Å²) >= 11 is 0. The molecule has 0 aliphatic rings. The highest BCUT2D eigenvalue weighted by molar-refractivity contribution is 5.82. The molecular formula is C14H10N6. The van der Waals surface area contributed by atoms with E-state index in [2.05, 4.69) is 24.9 Å². The zero-order valence-corrected chi connectivity index (χ0v) is 10.4. The van der Waals surface area contributed by atoms with E-state index in [4.69, 9.17) is 5.73 Å². The van der Waals surface area contributed by atoms with Crippen LogP contribution in [-0.2, 0) is 0 Å². The number of hydrogen-bond donors (Lipinski definition) is 2. The smallest absolute Gasteiger partial charge is 0.180 e. The van der Waals surface area contributed by atoms with Gasteiger partial charge >= 0.3 is 0 Å². The van der Waals surface area contributed by atoms with Crippen molar-refractivity contribution in [2.75, 3.05) is 5.73 Å². The molecule has 0 saturated heterocycles. The molecule has 3 heterocycles. The van der Waals surface area contributed by atoms with Gasteiger partial charge in [-0.15, -0.1) is 0 Å². The first-order valence-electron chi connectivity index (χ1n) is 6.13. The van der Waals surface area contributed by atoms with Crippen LogP contribution in [0.2, 0.25) is 0 Å². The van der Waals surface area contributed by atoms with Gasteiger partial charge in [0.2, 0.25) is 0 Å². The molecule has 0 bridgehead atoms. The number of benzene rings is 1. The fraction of sp³-hybridized carbons (Fsp3) is 0. The average Bonchev–Trinajstić information content (AvgIpc) is 2.89. The zero-order valence-electron chi connectivity index (χ0n) is 10.4. The summed E-state index contributed by atoms with van der Waals surface area (Å²) in [5.74, 6) is 1.20. The van der Waals surface area contributed by atoms with E-state index >= 15 is 0 Å². The largest absolute Gasteiger partial charge is 0.384 e. The predicted octanol–water partition coefficient (Wildman–Crippen LogP) is 2.15. The minimum Gasteiger partial charge on any atom is -0.384 e. The van der Waals surface area contributed by atoms with Crippen LogP contribution in [0.15, 0.2) is 42.7 Å². The number of nitrogens with zero attached hydrogens (tertiary/aromatic N) is 4. The van der Waals surface area contributed by atoms with Crippen LogP contribution >= 0.6 is 0 Å². The number of hydrogen-bond acceptors (Lipinski definition) is 5. The van der Waals surface area contributed by atoms with E-state index in [9.17, 15) is 0 Å². The number of imidazole rings is 1. The van der Waals surface area contributed by atoms with Gasteiger partial charge in [0.1, 0.15) is 11.6 Å². The monoisotopic (exact) mass is 262 g/mol. The molecule has 96 valence electrons. The number of nitrogens with two attached hydrogens (primary N) is 1. The quantitative estimate of drug-likeness (QED) is 0.548. The number of nitrogens with one attached hydrogen (secondary N) is 1. The second kappa shape index (κ2) is 3.99. The highest BCUT2D eigenvalue weighted by Crippen LogP contribution is 2.22. The molecule has 20 heavy (non-hydrogen) atoms. The molecule has 3 aromatic heterocycles. The van der Waals surface area contributed by atoms with Crippen molar-refractivity contribution in [2.45, 2.75) is 0 Å². The second-order valence-corrected chi connectivity index (χ2v) is 4.45. The maximum absolute atomic E-state index is 5.66. The number of pyridine rings is 1. The fourth-order valence-corrected chi connectivity index (χ4v) is 2.15. The number of aromatic amines is 1. The van der Waals surface area contributed by atoms with E-state index in [-0.39, 0.29) is 0 Å². The Morgan fingerprint density at radius 3 is 2.65 bits per heavy atom. The predicted molar refractivity (Wildman–Crippen MR) is 76.8 cm³/mol. The Morgan fingerprint density at radius 1 is 0.900 bits per heavy atom. The van der Waals surface area contributed by atoms with Gasteiger partial charge in [0, 0.05) is 18.0 Å². The number of H-pyrrole nitrogens is 1. The molecule has 0 aliphatic carbocycles. The van der Waals surface area contributed by atoms with Crippen molar-refractivity contribution in [2.24, 2.45) is 0 Å². The van der Waals surface area contributed by atoms with Crippen LogP contribution < -0.4 is 5.73 Å². The van der Waals surface area contributed by atoms with Crippen molar-refractivity contribution < 1.29 is 0 Å². The molecule has 6 nitrogen and oxygen atoms in total. The third-order valence-electron chi connectivity index (χ3n) is 3.11. The molecule has 4 aromatic rings. The molecule has 0 atom stereocenters. The molecule has 0 fully saturated rings. The van der Waals surface area contributed by atoms with Crippen molar-refractivity contribution in [3.63, 3.8) is 0 Å². The maximum Gasteiger partial charge on any atom is 0.180 e. The maximum atomic E-state index is 5.66. The molecule has 0 unspecified atom stereocenters. The summed E-state index contributed by atoms with van der Waals surface area (Å²) in [5.41, 5.74) is 9.76. The first kappa shape index (κ1) is 10.9. The van der Waals surface area contributed by atoms with Crippen LogP contribution in [0.5, 0.6) is 0 Å². The molecule has 0 amide bonds. The number of aromatic nitrogens is 5. The Labute approximate surface area is 113 Å². The molecule has 0 radical (unpaired) electrons. The van der Waals surface area contributed by atoms with Gasteiger partial charge in [-0.25, -0.2) is 9.97 Å². The van der Waals surface area contributed by atoms with E-state index < -0.39 is 0 Å². The van der Waals surface area contributed by atoms with Crippen molar-refractivity contribution in [3.05, 3.63) is 42.7 Å². The van der Waals surface area contributed by atoms with E-state index in [1.54, 1.807) is 18.5 Å². The van der Waals surface area contributed by atoms with Gasteiger partial charge in [-0.05, 0) is 30.3 Å². The summed E-state index contributed by atoms with van der Waals surface area (Å²) < 4.78 is 0. The lowest BCUT2D eigenvalue weighted by atomic mass is 10.2. The fourth-order valence-electron chi connectivity index (χ4n) is 2.15. The third-order valence-corrected chi connectivity index (χ3v) is 3.11. The van der Waals surface area contributed by atoms with Crippen LogP contribution in [0.3, 0.4) is 0 Å². The van der Waals surface area contributed by atoms with E-state index in [0.717, 1.165) is 27.9 Å². The van der Waals surface area contributed by atoms with Crippen LogP contribution in [0, 0.1) is 0 Å². The molecular weight excluding hydrogens is 252 g/mol. The normalized spacial score (nSPS) is 11.2. The van der Waals surface area contributed by atoms with Crippen LogP contribution in [0.4, 0.5) is 5.82 Å². The van der Waals surface area contributed by atoms with Gasteiger partial charge in [0.15, 0.2) is 5.65 Å². The molecule has 3 N–H and O–H groups in total. The first-order chi connectivity index (χ1) is 9.79. The number of nitrogen functional groups attached to an aromatic ring is 1. The number of anilines is 1. The Balaban J connectivity index is 1.91. The van der Waals surface area contributed by atoms with Crippen LogP contribution in [0.1, 0.15) is 0 Å².